The number of benzene rings is 3. The summed E-state index contributed by atoms with van der Waals surface area (Å²) in [5.41, 5.74) is -0.966. The lowest BCUT2D eigenvalue weighted by atomic mass is 9.94. The fraction of sp³-hybridized carbons (Fsp3) is 0.241. The number of carbonyl (C=O) groups excluding carboxylic acids is 1. The molecule has 1 aliphatic heterocycles. The Labute approximate surface area is 226 Å². The number of esters is 1. The smallest absolute Gasteiger partial charge is 0.416 e. The molecular weight excluding hydrogens is 536 g/mol. The van der Waals surface area contributed by atoms with Crippen molar-refractivity contribution in [3.05, 3.63) is 118 Å². The second-order valence-electron chi connectivity index (χ2n) is 9.01. The molecule has 4 rings (SSSR count). The number of alkyl halides is 6. The second-order valence-corrected chi connectivity index (χ2v) is 9.01. The van der Waals surface area contributed by atoms with Gasteiger partial charge in [0.15, 0.2) is 5.96 Å². The van der Waals surface area contributed by atoms with Gasteiger partial charge in [-0.1, -0.05) is 66.7 Å². The predicted molar refractivity (Wildman–Crippen MR) is 137 cm³/mol. The fourth-order valence-electron chi connectivity index (χ4n) is 4.59. The minimum absolute atomic E-state index is 0.00737. The van der Waals surface area contributed by atoms with Crippen LogP contribution in [0.15, 0.2) is 95.1 Å². The molecule has 0 saturated carbocycles. The van der Waals surface area contributed by atoms with Crippen LogP contribution in [0.3, 0.4) is 0 Å². The highest BCUT2D eigenvalue weighted by atomic mass is 19.4. The number of rotatable bonds is 6. The molecule has 3 aromatic carbocycles. The Morgan fingerprint density at radius 1 is 0.850 bits per heavy atom. The van der Waals surface area contributed by atoms with Gasteiger partial charge < -0.3 is 15.0 Å². The molecule has 210 valence electrons. The van der Waals surface area contributed by atoms with Gasteiger partial charge in [0.2, 0.25) is 0 Å². The minimum Gasteiger partial charge on any atom is -0.466 e. The number of nitrogens with zero attached hydrogens (tertiary/aromatic N) is 2. The van der Waals surface area contributed by atoms with Crippen LogP contribution in [0.1, 0.15) is 40.8 Å². The van der Waals surface area contributed by atoms with Crippen molar-refractivity contribution in [2.45, 2.75) is 38.4 Å². The minimum atomic E-state index is -4.65. The third kappa shape index (κ3) is 6.13. The van der Waals surface area contributed by atoms with Crippen LogP contribution in [0.2, 0.25) is 0 Å². The second kappa shape index (κ2) is 11.4. The average molecular weight is 562 g/mol. The van der Waals surface area contributed by atoms with Gasteiger partial charge in [-0.15, -0.1) is 0 Å². The lowest BCUT2D eigenvalue weighted by Crippen LogP contribution is -2.49. The van der Waals surface area contributed by atoms with Crippen molar-refractivity contribution in [2.24, 2.45) is 4.99 Å². The number of guanidine groups is 1. The van der Waals surface area contributed by atoms with Crippen molar-refractivity contribution in [3.63, 3.8) is 0 Å². The average Bonchev–Trinajstić information content (AvgIpc) is 2.92. The Morgan fingerprint density at radius 3 is 1.95 bits per heavy atom. The molecule has 1 aliphatic rings. The third-order valence-electron chi connectivity index (χ3n) is 6.52. The SMILES string of the molecule is COC(=O)C1=C(C)N(Cc2ccccc2C(F)(F)F)C(=NCc2ccccc2C(F)(F)F)NC1c1ccccc1. The number of carbonyl (C=O) groups is 1. The molecule has 0 saturated heterocycles. The van der Waals surface area contributed by atoms with Crippen LogP contribution in [0.5, 0.6) is 0 Å². The van der Waals surface area contributed by atoms with Crippen LogP contribution >= 0.6 is 0 Å². The summed E-state index contributed by atoms with van der Waals surface area (Å²) >= 11 is 0. The summed E-state index contributed by atoms with van der Waals surface area (Å²) in [6, 6.07) is 17.8. The molecule has 0 aromatic heterocycles. The largest absolute Gasteiger partial charge is 0.466 e. The molecule has 11 heteroatoms. The molecule has 1 atom stereocenters. The Bertz CT molecular complexity index is 1430. The molecule has 3 aromatic rings. The predicted octanol–water partition coefficient (Wildman–Crippen LogP) is 6.87. The zero-order valence-electron chi connectivity index (χ0n) is 21.5. The van der Waals surface area contributed by atoms with E-state index < -0.39 is 42.0 Å². The van der Waals surface area contributed by atoms with Crippen molar-refractivity contribution < 1.29 is 35.9 Å². The van der Waals surface area contributed by atoms with Crippen molar-refractivity contribution in [2.75, 3.05) is 7.11 Å². The van der Waals surface area contributed by atoms with Crippen LogP contribution in [0, 0.1) is 0 Å². The summed E-state index contributed by atoms with van der Waals surface area (Å²) in [6.45, 7) is 0.756. The Morgan fingerprint density at radius 2 is 1.38 bits per heavy atom. The number of hydrogen-bond acceptors (Lipinski definition) is 3. The van der Waals surface area contributed by atoms with Crippen molar-refractivity contribution in [1.29, 1.82) is 0 Å². The van der Waals surface area contributed by atoms with Crippen LogP contribution in [-0.2, 0) is 35.0 Å². The van der Waals surface area contributed by atoms with Gasteiger partial charge >= 0.3 is 18.3 Å². The maximum Gasteiger partial charge on any atom is 0.416 e. The quantitative estimate of drug-likeness (QED) is 0.264. The topological polar surface area (TPSA) is 53.9 Å². The van der Waals surface area contributed by atoms with Crippen molar-refractivity contribution >= 4 is 11.9 Å². The molecule has 0 fully saturated rings. The monoisotopic (exact) mass is 561 g/mol. The highest BCUT2D eigenvalue weighted by Crippen LogP contribution is 2.36. The van der Waals surface area contributed by atoms with E-state index in [0.717, 1.165) is 12.1 Å². The van der Waals surface area contributed by atoms with Gasteiger partial charge in [0.25, 0.3) is 0 Å². The summed E-state index contributed by atoms with van der Waals surface area (Å²) in [4.78, 5) is 18.7. The van der Waals surface area contributed by atoms with E-state index in [0.29, 0.717) is 5.56 Å². The zero-order valence-corrected chi connectivity index (χ0v) is 21.5. The van der Waals surface area contributed by atoms with E-state index >= 15 is 0 Å². The fourth-order valence-corrected chi connectivity index (χ4v) is 4.59. The maximum atomic E-state index is 13.8. The lowest BCUT2D eigenvalue weighted by molar-refractivity contribution is -0.139. The first-order valence-electron chi connectivity index (χ1n) is 12.1. The van der Waals surface area contributed by atoms with Gasteiger partial charge in [-0.05, 0) is 35.7 Å². The number of hydrogen-bond donors (Lipinski definition) is 1. The van der Waals surface area contributed by atoms with Gasteiger partial charge in [0, 0.05) is 5.70 Å². The van der Waals surface area contributed by atoms with E-state index in [1.54, 1.807) is 37.3 Å². The van der Waals surface area contributed by atoms with Gasteiger partial charge in [-0.25, -0.2) is 9.79 Å². The molecule has 5 nitrogen and oxygen atoms in total. The Kier molecular flexibility index (Phi) is 8.22. The molecule has 0 bridgehead atoms. The molecule has 0 radical (unpaired) electrons. The number of methoxy groups -OCH3 is 1. The Hall–Kier alpha value is -4.28. The van der Waals surface area contributed by atoms with Crippen molar-refractivity contribution in [3.8, 4) is 0 Å². The zero-order chi connectivity index (χ0) is 29.1. The normalized spacial score (nSPS) is 17.1. The number of allylic oxidation sites excluding steroid dienone is 1. The first-order valence-corrected chi connectivity index (χ1v) is 12.1. The molecule has 40 heavy (non-hydrogen) atoms. The van der Waals surface area contributed by atoms with Crippen LogP contribution < -0.4 is 5.32 Å². The lowest BCUT2D eigenvalue weighted by Gasteiger charge is -2.38. The first kappa shape index (κ1) is 28.7. The van der Waals surface area contributed by atoms with E-state index in [1.807, 2.05) is 0 Å². The number of halogens is 6. The third-order valence-corrected chi connectivity index (χ3v) is 6.52. The van der Waals surface area contributed by atoms with Gasteiger partial charge in [0.05, 0.1) is 42.9 Å². The highest BCUT2D eigenvalue weighted by molar-refractivity contribution is 5.96. The molecule has 0 aliphatic carbocycles. The first-order chi connectivity index (χ1) is 18.9. The maximum absolute atomic E-state index is 13.8. The van der Waals surface area contributed by atoms with Crippen LogP contribution in [0.4, 0.5) is 26.3 Å². The standard InChI is InChI=1S/C29H25F6N3O2/c1-18-24(26(39)40-2)25(19-10-4-3-5-11-19)37-27(36-16-20-12-6-8-14-22(20)28(30,31)32)38(18)17-21-13-7-9-15-23(21)29(33,34)35/h3-15,25H,16-17H2,1-2H3,(H,36,37). The van der Waals surface area contributed by atoms with Crippen molar-refractivity contribution in [1.82, 2.24) is 10.2 Å². The van der Waals surface area contributed by atoms with Gasteiger partial charge in [0.1, 0.15) is 0 Å². The summed E-state index contributed by atoms with van der Waals surface area (Å²) in [6.07, 6.45) is -9.28. The number of ether oxygens (including phenoxy) is 1. The molecule has 0 spiro atoms. The van der Waals surface area contributed by atoms with E-state index in [-0.39, 0.29) is 34.9 Å². The molecule has 0 amide bonds. The van der Waals surface area contributed by atoms with E-state index in [4.69, 9.17) is 4.74 Å². The highest BCUT2D eigenvalue weighted by Gasteiger charge is 2.38. The number of nitrogens with one attached hydrogen (secondary N) is 1. The van der Waals surface area contributed by atoms with E-state index in [2.05, 4.69) is 10.3 Å². The summed E-state index contributed by atoms with van der Waals surface area (Å²) in [7, 11) is 1.19. The van der Waals surface area contributed by atoms with Gasteiger partial charge in [-0.2, -0.15) is 26.3 Å². The van der Waals surface area contributed by atoms with E-state index in [9.17, 15) is 31.1 Å². The summed E-state index contributed by atoms with van der Waals surface area (Å²) in [5, 5.41) is 3.08. The summed E-state index contributed by atoms with van der Waals surface area (Å²) < 4.78 is 87.3. The molecule has 1 unspecified atom stereocenters. The summed E-state index contributed by atoms with van der Waals surface area (Å²) in [5.74, 6) is -0.706. The Balaban J connectivity index is 1.87. The molecule has 1 heterocycles. The van der Waals surface area contributed by atoms with Crippen LogP contribution in [-0.4, -0.2) is 23.9 Å². The van der Waals surface area contributed by atoms with E-state index in [1.165, 1.54) is 48.4 Å². The molecular formula is C29H25F6N3O2. The van der Waals surface area contributed by atoms with Gasteiger partial charge in [-0.3, -0.25) is 0 Å². The number of aliphatic imine (C=N–C) groups is 1. The van der Waals surface area contributed by atoms with Crippen LogP contribution in [0.25, 0.3) is 0 Å². The molecule has 1 N–H and O–H groups in total.